The van der Waals surface area contributed by atoms with Gasteiger partial charge in [-0.2, -0.15) is 0 Å². The Morgan fingerprint density at radius 2 is 1.52 bits per heavy atom. The van der Waals surface area contributed by atoms with Gasteiger partial charge in [0.2, 0.25) is 0 Å². The first-order valence-electron chi connectivity index (χ1n) is 6.72. The number of aliphatic hydroxyl groups excluding tert-OH is 9. The molecule has 0 amide bonds. The Morgan fingerprint density at radius 3 is 1.92 bits per heavy atom. The van der Waals surface area contributed by atoms with Crippen molar-refractivity contribution in [3.8, 4) is 0 Å². The number of aliphatic hydroxyl groups is 9. The number of rotatable bonds is 6. The topological polar surface area (TPSA) is 258 Å². The standard InChI is InChI=1S/C5H13O9P.C5H10O5/c6-1-2(7)3(8)4(9)5(10)14-15(11,12)13;6-2-1-10-5(9)4(8)3(2)7/h2-10H,1H2,(H2,11,12,13);2-9H,1H2/t2-,3+,4+,5?;2-,3+,4-,5?/m01/s1. The maximum absolute atomic E-state index is 10.2. The summed E-state index contributed by atoms with van der Waals surface area (Å²) < 4.78 is 18.3. The van der Waals surface area contributed by atoms with Crippen molar-refractivity contribution >= 4 is 7.82 Å². The molecule has 14 nitrogen and oxygen atoms in total. The monoisotopic (exact) mass is 398 g/mol. The Labute approximate surface area is 141 Å². The highest BCUT2D eigenvalue weighted by Crippen LogP contribution is 2.37. The first-order chi connectivity index (χ1) is 11.3. The molecule has 0 aromatic heterocycles. The molecule has 0 bridgehead atoms. The van der Waals surface area contributed by atoms with E-state index in [4.69, 9.17) is 55.7 Å². The maximum Gasteiger partial charge on any atom is 0.472 e. The zero-order valence-electron chi connectivity index (χ0n) is 12.6. The van der Waals surface area contributed by atoms with Crippen molar-refractivity contribution in [3.63, 3.8) is 0 Å². The van der Waals surface area contributed by atoms with Gasteiger partial charge in [0.15, 0.2) is 12.6 Å². The van der Waals surface area contributed by atoms with Gasteiger partial charge in [-0.05, 0) is 0 Å². The minimum atomic E-state index is -5.02. The smallest absolute Gasteiger partial charge is 0.394 e. The number of ether oxygens (including phenoxy) is 1. The molecule has 1 saturated heterocycles. The summed E-state index contributed by atoms with van der Waals surface area (Å²) in [4.78, 5) is 16.5. The van der Waals surface area contributed by atoms with Gasteiger partial charge in [0.1, 0.15) is 36.6 Å². The SMILES string of the molecule is O=P(O)(O)OC(O)[C@H](O)[C@H](O)[C@@H](O)CO.OC1OC[C@@H](O)[C@H](O)[C@H]1O. The predicted molar refractivity (Wildman–Crippen MR) is 74.2 cm³/mol. The van der Waals surface area contributed by atoms with E-state index < -0.39 is 63.6 Å². The number of hydrogen-bond acceptors (Lipinski definition) is 12. The highest BCUT2D eigenvalue weighted by atomic mass is 31.2. The molecule has 152 valence electrons. The quantitative estimate of drug-likeness (QED) is 0.147. The molecule has 11 N–H and O–H groups in total. The van der Waals surface area contributed by atoms with Crippen LogP contribution in [-0.2, 0) is 13.8 Å². The lowest BCUT2D eigenvalue weighted by molar-refractivity contribution is -0.252. The molecule has 0 saturated carbocycles. The van der Waals surface area contributed by atoms with Crippen molar-refractivity contribution in [1.29, 1.82) is 0 Å². The molecular weight excluding hydrogens is 375 g/mol. The van der Waals surface area contributed by atoms with Crippen molar-refractivity contribution in [1.82, 2.24) is 0 Å². The van der Waals surface area contributed by atoms with E-state index in [-0.39, 0.29) is 6.61 Å². The van der Waals surface area contributed by atoms with Gasteiger partial charge in [0.05, 0.1) is 13.2 Å². The first-order valence-corrected chi connectivity index (χ1v) is 8.25. The molecule has 0 radical (unpaired) electrons. The minimum absolute atomic E-state index is 0.153. The Bertz CT molecular complexity index is 402. The van der Waals surface area contributed by atoms with Crippen LogP contribution in [-0.4, -0.2) is 118 Å². The van der Waals surface area contributed by atoms with Crippen LogP contribution >= 0.6 is 7.82 Å². The molecule has 1 fully saturated rings. The summed E-state index contributed by atoms with van der Waals surface area (Å²) in [6.07, 6.45) is -13.6. The number of phosphoric acid groups is 1. The molecule has 0 aromatic carbocycles. The predicted octanol–water partition coefficient (Wildman–Crippen LogP) is -6.09. The van der Waals surface area contributed by atoms with Crippen molar-refractivity contribution in [2.75, 3.05) is 13.2 Å². The fourth-order valence-corrected chi connectivity index (χ4v) is 1.90. The summed E-state index contributed by atoms with van der Waals surface area (Å²) in [5.41, 5.74) is 0. The molecule has 2 unspecified atom stereocenters. The Hall–Kier alpha value is -0.290. The zero-order valence-corrected chi connectivity index (χ0v) is 13.5. The van der Waals surface area contributed by atoms with Crippen molar-refractivity contribution in [3.05, 3.63) is 0 Å². The highest BCUT2D eigenvalue weighted by Gasteiger charge is 2.36. The van der Waals surface area contributed by atoms with E-state index in [1.54, 1.807) is 0 Å². The summed E-state index contributed by atoms with van der Waals surface area (Å²) in [7, 11) is -5.02. The summed E-state index contributed by atoms with van der Waals surface area (Å²) >= 11 is 0. The summed E-state index contributed by atoms with van der Waals surface area (Å²) in [5.74, 6) is 0. The summed E-state index contributed by atoms with van der Waals surface area (Å²) in [6, 6.07) is 0. The molecule has 1 rings (SSSR count). The lowest BCUT2D eigenvalue weighted by Crippen LogP contribution is -2.52. The van der Waals surface area contributed by atoms with Gasteiger partial charge in [-0.25, -0.2) is 4.57 Å². The average molecular weight is 398 g/mol. The molecule has 15 heteroatoms. The number of hydrogen-bond donors (Lipinski definition) is 11. The molecule has 0 aliphatic carbocycles. The van der Waals surface area contributed by atoms with Crippen LogP contribution in [0.4, 0.5) is 0 Å². The van der Waals surface area contributed by atoms with Crippen molar-refractivity contribution in [2.45, 2.75) is 49.2 Å². The molecule has 0 aromatic rings. The Kier molecular flexibility index (Phi) is 10.6. The third-order valence-corrected chi connectivity index (χ3v) is 3.43. The van der Waals surface area contributed by atoms with Crippen LogP contribution in [0, 0.1) is 0 Å². The van der Waals surface area contributed by atoms with Gasteiger partial charge in [0.25, 0.3) is 0 Å². The van der Waals surface area contributed by atoms with E-state index in [1.165, 1.54) is 0 Å². The van der Waals surface area contributed by atoms with Crippen molar-refractivity contribution in [2.24, 2.45) is 0 Å². The highest BCUT2D eigenvalue weighted by molar-refractivity contribution is 7.46. The second-order valence-corrected chi connectivity index (χ2v) is 6.18. The van der Waals surface area contributed by atoms with Gasteiger partial charge >= 0.3 is 7.82 Å². The van der Waals surface area contributed by atoms with E-state index >= 15 is 0 Å². The van der Waals surface area contributed by atoms with E-state index in [0.717, 1.165) is 0 Å². The van der Waals surface area contributed by atoms with Crippen LogP contribution in [0.3, 0.4) is 0 Å². The molecular formula is C10H23O14P. The van der Waals surface area contributed by atoms with E-state index in [0.29, 0.717) is 0 Å². The normalized spacial score (nSPS) is 32.1. The van der Waals surface area contributed by atoms with Crippen LogP contribution in [0.25, 0.3) is 0 Å². The zero-order chi connectivity index (χ0) is 19.9. The second-order valence-electron chi connectivity index (χ2n) is 4.99. The van der Waals surface area contributed by atoms with Crippen LogP contribution in [0.2, 0.25) is 0 Å². The molecule has 25 heavy (non-hydrogen) atoms. The van der Waals surface area contributed by atoms with Gasteiger partial charge < -0.3 is 60.5 Å². The third kappa shape index (κ3) is 8.76. The second kappa shape index (κ2) is 10.8. The van der Waals surface area contributed by atoms with Crippen LogP contribution in [0.5, 0.6) is 0 Å². The fraction of sp³-hybridized carbons (Fsp3) is 1.00. The average Bonchev–Trinajstić information content (AvgIpc) is 2.53. The van der Waals surface area contributed by atoms with Gasteiger partial charge in [-0.15, -0.1) is 0 Å². The van der Waals surface area contributed by atoms with E-state index in [1.807, 2.05) is 0 Å². The third-order valence-electron chi connectivity index (χ3n) is 2.94. The first kappa shape index (κ1) is 24.7. The fourth-order valence-electron chi connectivity index (χ4n) is 1.50. The molecule has 1 heterocycles. The van der Waals surface area contributed by atoms with Crippen molar-refractivity contribution < 1.29 is 69.6 Å². The van der Waals surface area contributed by atoms with Gasteiger partial charge in [0, 0.05) is 0 Å². The lowest BCUT2D eigenvalue weighted by Gasteiger charge is -2.31. The maximum atomic E-state index is 10.2. The van der Waals surface area contributed by atoms with Gasteiger partial charge in [-0.3, -0.25) is 4.52 Å². The number of phosphoric ester groups is 1. The largest absolute Gasteiger partial charge is 0.472 e. The summed E-state index contributed by atoms with van der Waals surface area (Å²) in [6.45, 7) is -1.06. The molecule has 8 atom stereocenters. The molecule has 0 spiro atoms. The van der Waals surface area contributed by atoms with Gasteiger partial charge in [-0.1, -0.05) is 0 Å². The lowest BCUT2D eigenvalue weighted by atomic mass is 10.1. The minimum Gasteiger partial charge on any atom is -0.394 e. The van der Waals surface area contributed by atoms with E-state index in [9.17, 15) is 4.57 Å². The molecule has 1 aliphatic heterocycles. The summed E-state index contributed by atoms with van der Waals surface area (Å²) in [5, 5.41) is 79.3. The van der Waals surface area contributed by atoms with Crippen LogP contribution in [0.15, 0.2) is 0 Å². The Balaban J connectivity index is 0.000000496. The van der Waals surface area contributed by atoms with E-state index in [2.05, 4.69) is 9.26 Å². The van der Waals surface area contributed by atoms with Crippen LogP contribution in [0.1, 0.15) is 0 Å². The Morgan fingerprint density at radius 1 is 1.00 bits per heavy atom. The molecule has 1 aliphatic rings. The van der Waals surface area contributed by atoms with Crippen LogP contribution < -0.4 is 0 Å².